The first-order valence-electron chi connectivity index (χ1n) is 6.04. The Morgan fingerprint density at radius 2 is 2.11 bits per heavy atom. The van der Waals surface area contributed by atoms with E-state index in [9.17, 15) is 9.59 Å². The topological polar surface area (TPSA) is 78.4 Å². The summed E-state index contributed by atoms with van der Waals surface area (Å²) in [7, 11) is 0. The summed E-state index contributed by atoms with van der Waals surface area (Å²) in [5, 5.41) is 14.3. The fourth-order valence-electron chi connectivity index (χ4n) is 1.54. The highest BCUT2D eigenvalue weighted by molar-refractivity contribution is 5.94. The number of nitrogens with one attached hydrogen (secondary N) is 2. The third-order valence-electron chi connectivity index (χ3n) is 2.56. The molecule has 0 bridgehead atoms. The number of aryl methyl sites for hydroxylation is 1. The molecular formula is C14H18N2O3. The number of carboxylic acids is 1. The molecule has 0 aliphatic carbocycles. The van der Waals surface area contributed by atoms with Crippen molar-refractivity contribution in [3.05, 3.63) is 41.5 Å². The molecule has 0 aliphatic rings. The summed E-state index contributed by atoms with van der Waals surface area (Å²) in [4.78, 5) is 22.5. The van der Waals surface area contributed by atoms with Crippen LogP contribution in [0.5, 0.6) is 0 Å². The van der Waals surface area contributed by atoms with Gasteiger partial charge in [0.25, 0.3) is 0 Å². The number of amides is 2. The highest BCUT2D eigenvalue weighted by Crippen LogP contribution is 2.15. The summed E-state index contributed by atoms with van der Waals surface area (Å²) in [5.74, 6) is -1.00. The Hall–Kier alpha value is -2.30. The van der Waals surface area contributed by atoms with Crippen molar-refractivity contribution < 1.29 is 14.7 Å². The van der Waals surface area contributed by atoms with Gasteiger partial charge < -0.3 is 15.7 Å². The van der Waals surface area contributed by atoms with E-state index in [-0.39, 0.29) is 11.6 Å². The molecule has 0 aromatic heterocycles. The SMILES string of the molecule is C/C=C/CCNC(=O)Nc1ccc(C)c(C(=O)O)c1. The van der Waals surface area contributed by atoms with Gasteiger partial charge in [0.05, 0.1) is 5.56 Å². The van der Waals surface area contributed by atoms with Crippen LogP contribution in [0, 0.1) is 6.92 Å². The molecule has 0 spiro atoms. The van der Waals surface area contributed by atoms with Crippen molar-refractivity contribution in [1.29, 1.82) is 0 Å². The highest BCUT2D eigenvalue weighted by atomic mass is 16.4. The van der Waals surface area contributed by atoms with E-state index in [0.29, 0.717) is 17.8 Å². The number of rotatable bonds is 5. The number of carbonyl (C=O) groups is 2. The predicted molar refractivity (Wildman–Crippen MR) is 74.6 cm³/mol. The average molecular weight is 262 g/mol. The minimum atomic E-state index is -1.00. The van der Waals surface area contributed by atoms with Gasteiger partial charge in [-0.25, -0.2) is 9.59 Å². The van der Waals surface area contributed by atoms with E-state index in [1.807, 2.05) is 19.1 Å². The number of aromatic carboxylic acids is 1. The van der Waals surface area contributed by atoms with Crippen molar-refractivity contribution in [2.75, 3.05) is 11.9 Å². The standard InChI is InChI=1S/C14H18N2O3/c1-3-4-5-8-15-14(19)16-11-7-6-10(2)12(9-11)13(17)18/h3-4,6-7,9H,5,8H2,1-2H3,(H,17,18)(H2,15,16,19)/b4-3+. The Bertz CT molecular complexity index is 495. The summed E-state index contributed by atoms with van der Waals surface area (Å²) in [6.07, 6.45) is 4.63. The number of carboxylic acid groups (broad SMARTS) is 1. The Morgan fingerprint density at radius 1 is 1.37 bits per heavy atom. The molecule has 0 radical (unpaired) electrons. The van der Waals surface area contributed by atoms with Gasteiger partial charge in [-0.3, -0.25) is 0 Å². The lowest BCUT2D eigenvalue weighted by Gasteiger charge is -2.08. The predicted octanol–water partition coefficient (Wildman–Crippen LogP) is 2.78. The summed E-state index contributed by atoms with van der Waals surface area (Å²) in [6, 6.07) is 4.44. The summed E-state index contributed by atoms with van der Waals surface area (Å²) in [6.45, 7) is 4.16. The normalized spacial score (nSPS) is 10.4. The van der Waals surface area contributed by atoms with Gasteiger partial charge in [-0.1, -0.05) is 18.2 Å². The van der Waals surface area contributed by atoms with E-state index >= 15 is 0 Å². The van der Waals surface area contributed by atoms with Crippen molar-refractivity contribution >= 4 is 17.7 Å². The van der Waals surface area contributed by atoms with Crippen LogP contribution in [-0.2, 0) is 0 Å². The minimum Gasteiger partial charge on any atom is -0.478 e. The quantitative estimate of drug-likeness (QED) is 0.564. The zero-order valence-electron chi connectivity index (χ0n) is 11.1. The number of benzene rings is 1. The third-order valence-corrected chi connectivity index (χ3v) is 2.56. The van der Waals surface area contributed by atoms with Gasteiger partial charge in [0.1, 0.15) is 0 Å². The molecule has 2 amide bonds. The Labute approximate surface area is 112 Å². The molecule has 0 saturated heterocycles. The number of allylic oxidation sites excluding steroid dienone is 1. The highest BCUT2D eigenvalue weighted by Gasteiger charge is 2.09. The van der Waals surface area contributed by atoms with Crippen LogP contribution < -0.4 is 10.6 Å². The molecule has 0 saturated carbocycles. The lowest BCUT2D eigenvalue weighted by molar-refractivity contribution is 0.0696. The van der Waals surface area contributed by atoms with Crippen molar-refractivity contribution in [2.24, 2.45) is 0 Å². The lowest BCUT2D eigenvalue weighted by Crippen LogP contribution is -2.29. The van der Waals surface area contributed by atoms with Crippen LogP contribution in [0.25, 0.3) is 0 Å². The third kappa shape index (κ3) is 4.83. The second kappa shape index (κ2) is 7.20. The van der Waals surface area contributed by atoms with Crippen LogP contribution in [0.2, 0.25) is 0 Å². The molecule has 3 N–H and O–H groups in total. The number of urea groups is 1. The Balaban J connectivity index is 2.59. The smallest absolute Gasteiger partial charge is 0.336 e. The van der Waals surface area contributed by atoms with Crippen molar-refractivity contribution in [1.82, 2.24) is 5.32 Å². The number of hydrogen-bond acceptors (Lipinski definition) is 2. The van der Waals surface area contributed by atoms with Crippen LogP contribution in [-0.4, -0.2) is 23.7 Å². The van der Waals surface area contributed by atoms with Gasteiger partial charge in [-0.2, -0.15) is 0 Å². The summed E-state index contributed by atoms with van der Waals surface area (Å²) in [5.41, 5.74) is 1.31. The molecule has 0 heterocycles. The van der Waals surface area contributed by atoms with Crippen LogP contribution in [0.1, 0.15) is 29.3 Å². The van der Waals surface area contributed by atoms with Gasteiger partial charge in [0.15, 0.2) is 0 Å². The molecule has 0 aliphatic heterocycles. The molecule has 0 atom stereocenters. The van der Waals surface area contributed by atoms with Crippen LogP contribution in [0.4, 0.5) is 10.5 Å². The van der Waals surface area contributed by atoms with Crippen LogP contribution in [0.3, 0.4) is 0 Å². The molecule has 19 heavy (non-hydrogen) atoms. The maximum absolute atomic E-state index is 11.5. The fraction of sp³-hybridized carbons (Fsp3) is 0.286. The molecule has 1 aromatic carbocycles. The van der Waals surface area contributed by atoms with Crippen molar-refractivity contribution in [2.45, 2.75) is 20.3 Å². The van der Waals surface area contributed by atoms with Gasteiger partial charge in [-0.15, -0.1) is 0 Å². The molecule has 102 valence electrons. The van der Waals surface area contributed by atoms with Gasteiger partial charge in [0, 0.05) is 12.2 Å². The lowest BCUT2D eigenvalue weighted by atomic mass is 10.1. The fourth-order valence-corrected chi connectivity index (χ4v) is 1.54. The largest absolute Gasteiger partial charge is 0.478 e. The molecule has 0 fully saturated rings. The molecule has 5 nitrogen and oxygen atoms in total. The number of anilines is 1. The molecule has 1 rings (SSSR count). The second-order valence-corrected chi connectivity index (χ2v) is 4.07. The zero-order valence-corrected chi connectivity index (χ0v) is 11.1. The molecule has 5 heteroatoms. The van der Waals surface area contributed by atoms with Gasteiger partial charge >= 0.3 is 12.0 Å². The maximum Gasteiger partial charge on any atom is 0.336 e. The van der Waals surface area contributed by atoms with Gasteiger partial charge in [0.2, 0.25) is 0 Å². The average Bonchev–Trinajstić information content (AvgIpc) is 2.36. The van der Waals surface area contributed by atoms with E-state index in [2.05, 4.69) is 10.6 Å². The van der Waals surface area contributed by atoms with E-state index in [1.165, 1.54) is 6.07 Å². The monoisotopic (exact) mass is 262 g/mol. The zero-order chi connectivity index (χ0) is 14.3. The van der Waals surface area contributed by atoms with E-state index in [1.54, 1.807) is 19.1 Å². The molecule has 1 aromatic rings. The Morgan fingerprint density at radius 3 is 2.74 bits per heavy atom. The second-order valence-electron chi connectivity index (χ2n) is 4.07. The Kier molecular flexibility index (Phi) is 5.60. The number of carbonyl (C=O) groups excluding carboxylic acids is 1. The van der Waals surface area contributed by atoms with Gasteiger partial charge in [-0.05, 0) is 38.0 Å². The molecule has 0 unspecified atom stereocenters. The van der Waals surface area contributed by atoms with Crippen molar-refractivity contribution in [3.63, 3.8) is 0 Å². The van der Waals surface area contributed by atoms with Crippen LogP contribution in [0.15, 0.2) is 30.4 Å². The summed E-state index contributed by atoms with van der Waals surface area (Å²) >= 11 is 0. The number of hydrogen-bond donors (Lipinski definition) is 3. The first-order valence-corrected chi connectivity index (χ1v) is 6.04. The minimum absolute atomic E-state index is 0.187. The summed E-state index contributed by atoms with van der Waals surface area (Å²) < 4.78 is 0. The van der Waals surface area contributed by atoms with Crippen molar-refractivity contribution in [3.8, 4) is 0 Å². The van der Waals surface area contributed by atoms with E-state index < -0.39 is 5.97 Å². The van der Waals surface area contributed by atoms with Crippen LogP contribution >= 0.6 is 0 Å². The van der Waals surface area contributed by atoms with E-state index in [0.717, 1.165) is 6.42 Å². The van der Waals surface area contributed by atoms with E-state index in [4.69, 9.17) is 5.11 Å². The molecular weight excluding hydrogens is 244 g/mol. The maximum atomic E-state index is 11.5. The first-order chi connectivity index (χ1) is 9.04. The first kappa shape index (κ1) is 14.8.